The van der Waals surface area contributed by atoms with Crippen LogP contribution >= 0.6 is 0 Å². The Balaban J connectivity index is 2.16. The number of anilines is 1. The molecule has 0 fully saturated rings. The van der Waals surface area contributed by atoms with Crippen LogP contribution in [-0.2, 0) is 0 Å². The van der Waals surface area contributed by atoms with Gasteiger partial charge in [0, 0.05) is 12.2 Å². The quantitative estimate of drug-likeness (QED) is 0.833. The van der Waals surface area contributed by atoms with Crippen LogP contribution in [0.3, 0.4) is 0 Å². The highest BCUT2D eigenvalue weighted by Gasteiger charge is 2.22. The van der Waals surface area contributed by atoms with E-state index in [9.17, 15) is 4.79 Å². The predicted molar refractivity (Wildman–Crippen MR) is 91.9 cm³/mol. The lowest BCUT2D eigenvalue weighted by Gasteiger charge is -2.31. The lowest BCUT2D eigenvalue weighted by Crippen LogP contribution is -2.39. The summed E-state index contributed by atoms with van der Waals surface area (Å²) in [6, 6.07) is 19.7. The minimum absolute atomic E-state index is 0.0345. The Morgan fingerprint density at radius 3 is 2.05 bits per heavy atom. The molecule has 1 unspecified atom stereocenters. The third-order valence-corrected chi connectivity index (χ3v) is 3.60. The maximum Gasteiger partial charge on any atom is 0.322 e. The molecule has 0 radical (unpaired) electrons. The molecule has 0 aliphatic carbocycles. The van der Waals surface area contributed by atoms with Crippen LogP contribution in [-0.4, -0.2) is 17.5 Å². The first kappa shape index (κ1) is 16.1. The van der Waals surface area contributed by atoms with E-state index in [-0.39, 0.29) is 12.1 Å². The Morgan fingerprint density at radius 2 is 1.50 bits per heavy atom. The van der Waals surface area contributed by atoms with Crippen LogP contribution in [0.25, 0.3) is 0 Å². The van der Waals surface area contributed by atoms with Crippen molar-refractivity contribution in [2.75, 3.05) is 11.9 Å². The number of nitrogens with zero attached hydrogens (tertiary/aromatic N) is 1. The molecule has 2 aromatic carbocycles. The summed E-state index contributed by atoms with van der Waals surface area (Å²) in [6.45, 7) is 7.04. The molecule has 116 valence electrons. The summed E-state index contributed by atoms with van der Waals surface area (Å²) in [6.07, 6.45) is 0. The molecule has 0 aromatic heterocycles. The van der Waals surface area contributed by atoms with Gasteiger partial charge in [-0.05, 0) is 30.5 Å². The van der Waals surface area contributed by atoms with Crippen LogP contribution in [0.15, 0.2) is 60.7 Å². The van der Waals surface area contributed by atoms with Gasteiger partial charge in [0.05, 0.1) is 6.04 Å². The van der Waals surface area contributed by atoms with E-state index in [0.29, 0.717) is 12.5 Å². The molecule has 0 aliphatic rings. The number of carbonyl (C=O) groups is 1. The molecule has 0 heterocycles. The molecular weight excluding hydrogens is 272 g/mol. The average Bonchev–Trinajstić information content (AvgIpc) is 2.53. The summed E-state index contributed by atoms with van der Waals surface area (Å²) in [5, 5.41) is 2.99. The summed E-state index contributed by atoms with van der Waals surface area (Å²) >= 11 is 0. The largest absolute Gasteiger partial charge is 0.322 e. The van der Waals surface area contributed by atoms with E-state index in [0.717, 1.165) is 11.3 Å². The second-order valence-electron chi connectivity index (χ2n) is 5.93. The van der Waals surface area contributed by atoms with E-state index < -0.39 is 0 Å². The third-order valence-electron chi connectivity index (χ3n) is 3.60. The second-order valence-corrected chi connectivity index (χ2v) is 5.93. The van der Waals surface area contributed by atoms with Crippen molar-refractivity contribution < 1.29 is 4.79 Å². The molecule has 2 rings (SSSR count). The van der Waals surface area contributed by atoms with E-state index in [4.69, 9.17) is 0 Å². The van der Waals surface area contributed by atoms with Gasteiger partial charge in [-0.1, -0.05) is 62.4 Å². The zero-order valence-corrected chi connectivity index (χ0v) is 13.5. The fourth-order valence-corrected chi connectivity index (χ4v) is 2.44. The van der Waals surface area contributed by atoms with Crippen molar-refractivity contribution in [3.05, 3.63) is 66.2 Å². The van der Waals surface area contributed by atoms with Gasteiger partial charge in [0.15, 0.2) is 0 Å². The Morgan fingerprint density at radius 1 is 0.955 bits per heavy atom. The van der Waals surface area contributed by atoms with Gasteiger partial charge in [-0.2, -0.15) is 0 Å². The molecule has 3 heteroatoms. The van der Waals surface area contributed by atoms with Crippen molar-refractivity contribution in [2.45, 2.75) is 26.8 Å². The molecule has 3 nitrogen and oxygen atoms in total. The number of hydrogen-bond acceptors (Lipinski definition) is 1. The first-order chi connectivity index (χ1) is 10.6. The first-order valence-electron chi connectivity index (χ1n) is 7.75. The number of carbonyl (C=O) groups excluding carboxylic acids is 1. The normalized spacial score (nSPS) is 12.0. The van der Waals surface area contributed by atoms with Crippen LogP contribution in [0.2, 0.25) is 0 Å². The van der Waals surface area contributed by atoms with Crippen molar-refractivity contribution in [3.63, 3.8) is 0 Å². The number of nitrogens with one attached hydrogen (secondary N) is 1. The van der Waals surface area contributed by atoms with Gasteiger partial charge in [0.1, 0.15) is 0 Å². The number of para-hydroxylation sites is 1. The number of amides is 2. The van der Waals surface area contributed by atoms with Gasteiger partial charge in [-0.15, -0.1) is 0 Å². The lowest BCUT2D eigenvalue weighted by atomic mass is 10.1. The first-order valence-corrected chi connectivity index (χ1v) is 7.75. The van der Waals surface area contributed by atoms with E-state index >= 15 is 0 Å². The summed E-state index contributed by atoms with van der Waals surface area (Å²) in [4.78, 5) is 14.6. The molecule has 0 aliphatic heterocycles. The fraction of sp³-hybridized carbons (Fsp3) is 0.316. The zero-order valence-electron chi connectivity index (χ0n) is 13.5. The van der Waals surface area contributed by atoms with Crippen molar-refractivity contribution in [2.24, 2.45) is 5.92 Å². The minimum Gasteiger partial charge on any atom is -0.318 e. The Labute approximate surface area is 133 Å². The fourth-order valence-electron chi connectivity index (χ4n) is 2.44. The smallest absolute Gasteiger partial charge is 0.318 e. The molecule has 0 spiro atoms. The minimum atomic E-state index is -0.0590. The van der Waals surface area contributed by atoms with Gasteiger partial charge in [-0.3, -0.25) is 0 Å². The molecule has 0 saturated heterocycles. The van der Waals surface area contributed by atoms with E-state index in [1.807, 2.05) is 53.4 Å². The van der Waals surface area contributed by atoms with Crippen molar-refractivity contribution in [1.82, 2.24) is 4.90 Å². The highest BCUT2D eigenvalue weighted by molar-refractivity contribution is 5.89. The van der Waals surface area contributed by atoms with Crippen LogP contribution in [0.5, 0.6) is 0 Å². The maximum atomic E-state index is 12.7. The van der Waals surface area contributed by atoms with Crippen LogP contribution in [0.4, 0.5) is 10.5 Å². The topological polar surface area (TPSA) is 32.3 Å². The van der Waals surface area contributed by atoms with E-state index in [2.05, 4.69) is 38.2 Å². The molecule has 2 aromatic rings. The standard InChI is InChI=1S/C19H24N2O/c1-15(2)14-21(16(3)17-10-6-4-7-11-17)19(22)20-18-12-8-5-9-13-18/h4-13,15-16H,14H2,1-3H3,(H,20,22). The number of urea groups is 1. The molecular formula is C19H24N2O. The van der Waals surface area contributed by atoms with Crippen LogP contribution < -0.4 is 5.32 Å². The molecule has 1 atom stereocenters. The maximum absolute atomic E-state index is 12.7. The number of rotatable bonds is 5. The number of benzene rings is 2. The van der Waals surface area contributed by atoms with Gasteiger partial charge in [0.25, 0.3) is 0 Å². The summed E-state index contributed by atoms with van der Waals surface area (Å²) in [5.41, 5.74) is 1.97. The Hall–Kier alpha value is -2.29. The van der Waals surface area contributed by atoms with Crippen molar-refractivity contribution in [1.29, 1.82) is 0 Å². The SMILES string of the molecule is CC(C)CN(C(=O)Nc1ccccc1)C(C)c1ccccc1. The Kier molecular flexibility index (Phi) is 5.59. The highest BCUT2D eigenvalue weighted by atomic mass is 16.2. The van der Waals surface area contributed by atoms with E-state index in [1.165, 1.54) is 0 Å². The predicted octanol–water partition coefficient (Wildman–Crippen LogP) is 4.94. The summed E-state index contributed by atoms with van der Waals surface area (Å²) in [7, 11) is 0. The second kappa shape index (κ2) is 7.64. The molecule has 0 bridgehead atoms. The van der Waals surface area contributed by atoms with Crippen molar-refractivity contribution in [3.8, 4) is 0 Å². The van der Waals surface area contributed by atoms with Gasteiger partial charge in [0.2, 0.25) is 0 Å². The van der Waals surface area contributed by atoms with Gasteiger partial charge < -0.3 is 10.2 Å². The molecule has 1 N–H and O–H groups in total. The highest BCUT2D eigenvalue weighted by Crippen LogP contribution is 2.22. The molecule has 0 saturated carbocycles. The monoisotopic (exact) mass is 296 g/mol. The summed E-state index contributed by atoms with van der Waals surface area (Å²) < 4.78 is 0. The van der Waals surface area contributed by atoms with Crippen LogP contribution in [0.1, 0.15) is 32.4 Å². The summed E-state index contributed by atoms with van der Waals surface area (Å²) in [5.74, 6) is 0.410. The Bertz CT molecular complexity index is 581. The lowest BCUT2D eigenvalue weighted by molar-refractivity contribution is 0.183. The number of hydrogen-bond donors (Lipinski definition) is 1. The average molecular weight is 296 g/mol. The molecule has 22 heavy (non-hydrogen) atoms. The van der Waals surface area contributed by atoms with E-state index in [1.54, 1.807) is 0 Å². The molecule has 2 amide bonds. The van der Waals surface area contributed by atoms with Gasteiger partial charge >= 0.3 is 6.03 Å². The van der Waals surface area contributed by atoms with Gasteiger partial charge in [-0.25, -0.2) is 4.79 Å². The zero-order chi connectivity index (χ0) is 15.9. The van der Waals surface area contributed by atoms with Crippen LogP contribution in [0, 0.1) is 5.92 Å². The van der Waals surface area contributed by atoms with Crippen molar-refractivity contribution >= 4 is 11.7 Å². The third kappa shape index (κ3) is 4.35.